The second-order valence-corrected chi connectivity index (χ2v) is 7.11. The van der Waals surface area contributed by atoms with Gasteiger partial charge in [0.15, 0.2) is 5.16 Å². The summed E-state index contributed by atoms with van der Waals surface area (Å²) in [6, 6.07) is 15.3. The molecular formula is C19H19ClN4O2S. The fourth-order valence-corrected chi connectivity index (χ4v) is 3.47. The van der Waals surface area contributed by atoms with Gasteiger partial charge in [0.25, 0.3) is 0 Å². The number of halogens is 1. The van der Waals surface area contributed by atoms with Gasteiger partial charge in [-0.05, 0) is 29.3 Å². The van der Waals surface area contributed by atoms with E-state index in [9.17, 15) is 4.79 Å². The maximum absolute atomic E-state index is 12.2. The first-order valence-electron chi connectivity index (χ1n) is 8.28. The number of nitrogens with one attached hydrogen (secondary N) is 1. The van der Waals surface area contributed by atoms with Crippen LogP contribution in [-0.2, 0) is 22.7 Å². The molecule has 0 radical (unpaired) electrons. The number of carbonyl (C=O) groups is 1. The molecule has 0 fully saturated rings. The largest absolute Gasteiger partial charge is 0.380 e. The predicted molar refractivity (Wildman–Crippen MR) is 106 cm³/mol. The van der Waals surface area contributed by atoms with Crippen LogP contribution in [0, 0.1) is 0 Å². The molecule has 8 heteroatoms. The van der Waals surface area contributed by atoms with Gasteiger partial charge in [-0.25, -0.2) is 0 Å². The zero-order valence-corrected chi connectivity index (χ0v) is 16.3. The second kappa shape index (κ2) is 9.55. The predicted octanol–water partition coefficient (Wildman–Crippen LogP) is 3.48. The molecule has 0 aliphatic rings. The number of amides is 1. The lowest BCUT2D eigenvalue weighted by Crippen LogP contribution is -2.25. The molecule has 0 aliphatic carbocycles. The molecule has 0 saturated carbocycles. The summed E-state index contributed by atoms with van der Waals surface area (Å²) in [5, 5.41) is 12.2. The van der Waals surface area contributed by atoms with Crippen LogP contribution in [0.5, 0.6) is 0 Å². The van der Waals surface area contributed by atoms with Crippen molar-refractivity contribution in [1.29, 1.82) is 0 Å². The minimum absolute atomic E-state index is 0.0761. The van der Waals surface area contributed by atoms with E-state index in [1.165, 1.54) is 11.8 Å². The first-order chi connectivity index (χ1) is 13.2. The summed E-state index contributed by atoms with van der Waals surface area (Å²) in [6.07, 6.45) is 1.60. The molecule has 1 N–H and O–H groups in total. The Kier molecular flexibility index (Phi) is 6.86. The van der Waals surface area contributed by atoms with Gasteiger partial charge in [-0.3, -0.25) is 9.36 Å². The van der Waals surface area contributed by atoms with Crippen LogP contribution in [0.25, 0.3) is 5.69 Å². The Morgan fingerprint density at radius 1 is 1.22 bits per heavy atom. The van der Waals surface area contributed by atoms with Crippen molar-refractivity contribution in [3.63, 3.8) is 0 Å². The molecule has 0 bridgehead atoms. The van der Waals surface area contributed by atoms with Crippen molar-refractivity contribution < 1.29 is 9.53 Å². The van der Waals surface area contributed by atoms with Crippen molar-refractivity contribution in [2.45, 2.75) is 18.3 Å². The Morgan fingerprint density at radius 3 is 2.81 bits per heavy atom. The van der Waals surface area contributed by atoms with E-state index in [-0.39, 0.29) is 11.7 Å². The number of hydrogen-bond acceptors (Lipinski definition) is 5. The third-order valence-electron chi connectivity index (χ3n) is 3.83. The van der Waals surface area contributed by atoms with Gasteiger partial charge in [0.05, 0.1) is 18.0 Å². The molecule has 0 saturated heterocycles. The Hall–Kier alpha value is -2.35. The summed E-state index contributed by atoms with van der Waals surface area (Å²) in [4.78, 5) is 12.2. The molecule has 1 heterocycles. The minimum atomic E-state index is -0.0761. The lowest BCUT2D eigenvalue weighted by atomic mass is 10.1. The monoisotopic (exact) mass is 402 g/mol. The SMILES string of the molecule is COCc1ccccc1CNC(=O)CSc1nncn1-c1cccc(Cl)c1. The van der Waals surface area contributed by atoms with Crippen LogP contribution in [0.15, 0.2) is 60.0 Å². The quantitative estimate of drug-likeness (QED) is 0.584. The first kappa shape index (κ1) is 19.4. The molecular weight excluding hydrogens is 384 g/mol. The van der Waals surface area contributed by atoms with Crippen LogP contribution in [-0.4, -0.2) is 33.5 Å². The Labute approximate surface area is 166 Å². The number of aromatic nitrogens is 3. The highest BCUT2D eigenvalue weighted by molar-refractivity contribution is 7.99. The van der Waals surface area contributed by atoms with Crippen molar-refractivity contribution in [3.8, 4) is 5.69 Å². The van der Waals surface area contributed by atoms with Crippen LogP contribution in [0.2, 0.25) is 5.02 Å². The molecule has 0 unspecified atom stereocenters. The smallest absolute Gasteiger partial charge is 0.230 e. The third-order valence-corrected chi connectivity index (χ3v) is 5.01. The van der Waals surface area contributed by atoms with Gasteiger partial charge >= 0.3 is 0 Å². The molecule has 3 rings (SSSR count). The van der Waals surface area contributed by atoms with Gasteiger partial charge < -0.3 is 10.1 Å². The third kappa shape index (κ3) is 5.32. The normalized spacial score (nSPS) is 10.7. The summed E-state index contributed by atoms with van der Waals surface area (Å²) in [6.45, 7) is 0.976. The van der Waals surface area contributed by atoms with Crippen molar-refractivity contribution in [2.75, 3.05) is 12.9 Å². The number of rotatable bonds is 8. The van der Waals surface area contributed by atoms with Crippen LogP contribution in [0.1, 0.15) is 11.1 Å². The van der Waals surface area contributed by atoms with Crippen molar-refractivity contribution in [2.24, 2.45) is 0 Å². The average molecular weight is 403 g/mol. The van der Waals surface area contributed by atoms with E-state index in [4.69, 9.17) is 16.3 Å². The van der Waals surface area contributed by atoms with Crippen molar-refractivity contribution in [3.05, 3.63) is 71.0 Å². The van der Waals surface area contributed by atoms with Gasteiger partial charge in [-0.15, -0.1) is 10.2 Å². The summed E-state index contributed by atoms with van der Waals surface area (Å²) >= 11 is 7.36. The molecule has 27 heavy (non-hydrogen) atoms. The van der Waals surface area contributed by atoms with E-state index >= 15 is 0 Å². The summed E-state index contributed by atoms with van der Waals surface area (Å²) in [5.41, 5.74) is 2.96. The van der Waals surface area contributed by atoms with Crippen molar-refractivity contribution >= 4 is 29.3 Å². The Bertz CT molecular complexity index is 916. The Morgan fingerprint density at radius 2 is 2.04 bits per heavy atom. The molecule has 0 aliphatic heterocycles. The molecule has 1 aromatic heterocycles. The van der Waals surface area contributed by atoms with Crippen LogP contribution in [0.4, 0.5) is 0 Å². The Balaban J connectivity index is 1.57. The number of nitrogens with zero attached hydrogens (tertiary/aromatic N) is 3. The van der Waals surface area contributed by atoms with E-state index < -0.39 is 0 Å². The average Bonchev–Trinajstić information content (AvgIpc) is 3.14. The molecule has 0 spiro atoms. The number of ether oxygens (including phenoxy) is 1. The molecule has 0 atom stereocenters. The van der Waals surface area contributed by atoms with Gasteiger partial charge in [0.2, 0.25) is 5.91 Å². The number of thioether (sulfide) groups is 1. The summed E-state index contributed by atoms with van der Waals surface area (Å²) in [5.74, 6) is 0.166. The number of methoxy groups -OCH3 is 1. The van der Waals surface area contributed by atoms with E-state index in [1.807, 2.05) is 42.5 Å². The van der Waals surface area contributed by atoms with E-state index in [2.05, 4.69) is 15.5 Å². The zero-order valence-electron chi connectivity index (χ0n) is 14.8. The lowest BCUT2D eigenvalue weighted by Gasteiger charge is -2.10. The van der Waals surface area contributed by atoms with Gasteiger partial charge in [0, 0.05) is 18.7 Å². The summed E-state index contributed by atoms with van der Waals surface area (Å²) < 4.78 is 6.99. The second-order valence-electron chi connectivity index (χ2n) is 5.73. The first-order valence-corrected chi connectivity index (χ1v) is 9.65. The molecule has 2 aromatic carbocycles. The zero-order chi connectivity index (χ0) is 19.1. The van der Waals surface area contributed by atoms with Gasteiger partial charge in [-0.1, -0.05) is 53.7 Å². The number of benzene rings is 2. The summed E-state index contributed by atoms with van der Waals surface area (Å²) in [7, 11) is 1.65. The molecule has 6 nitrogen and oxygen atoms in total. The maximum atomic E-state index is 12.2. The van der Waals surface area contributed by atoms with Crippen LogP contribution >= 0.6 is 23.4 Å². The molecule has 1 amide bonds. The van der Waals surface area contributed by atoms with Crippen LogP contribution < -0.4 is 5.32 Å². The van der Waals surface area contributed by atoms with E-state index in [0.717, 1.165) is 16.8 Å². The maximum Gasteiger partial charge on any atom is 0.230 e. The fraction of sp³-hybridized carbons (Fsp3) is 0.211. The molecule has 140 valence electrons. The highest BCUT2D eigenvalue weighted by Crippen LogP contribution is 2.21. The standard InChI is InChI=1S/C19H19ClN4O2S/c1-26-11-15-6-3-2-5-14(15)10-21-18(25)12-27-19-23-22-13-24(19)17-8-4-7-16(20)9-17/h2-9,13H,10-12H2,1H3,(H,21,25). The van der Waals surface area contributed by atoms with Gasteiger partial charge in [-0.2, -0.15) is 0 Å². The highest BCUT2D eigenvalue weighted by Gasteiger charge is 2.11. The number of hydrogen-bond donors (Lipinski definition) is 1. The minimum Gasteiger partial charge on any atom is -0.380 e. The highest BCUT2D eigenvalue weighted by atomic mass is 35.5. The van der Waals surface area contributed by atoms with E-state index in [1.54, 1.807) is 24.1 Å². The topological polar surface area (TPSA) is 69.0 Å². The van der Waals surface area contributed by atoms with E-state index in [0.29, 0.717) is 23.3 Å². The lowest BCUT2D eigenvalue weighted by molar-refractivity contribution is -0.118. The van der Waals surface area contributed by atoms with Crippen molar-refractivity contribution in [1.82, 2.24) is 20.1 Å². The van der Waals surface area contributed by atoms with Gasteiger partial charge in [0.1, 0.15) is 6.33 Å². The van der Waals surface area contributed by atoms with Crippen LogP contribution in [0.3, 0.4) is 0 Å². The number of carbonyl (C=O) groups excluding carboxylic acids is 1. The fourth-order valence-electron chi connectivity index (χ4n) is 2.53. The molecule has 3 aromatic rings.